The molecule has 28 heavy (non-hydrogen) atoms. The molecule has 0 radical (unpaired) electrons. The SMILES string of the molecule is CN(C)c1ccc(S(=O)(=O)N(C)C)cc1NC(=O)COC(=O)c1cccn1C. The number of rotatable bonds is 7. The lowest BCUT2D eigenvalue weighted by molar-refractivity contribution is -0.119. The van der Waals surface area contributed by atoms with E-state index in [1.807, 2.05) is 0 Å². The van der Waals surface area contributed by atoms with Gasteiger partial charge in [-0.25, -0.2) is 17.5 Å². The summed E-state index contributed by atoms with van der Waals surface area (Å²) in [4.78, 5) is 26.0. The number of carbonyl (C=O) groups excluding carboxylic acids is 2. The van der Waals surface area contributed by atoms with Gasteiger partial charge in [0.25, 0.3) is 5.91 Å². The second kappa shape index (κ2) is 8.44. The zero-order valence-corrected chi connectivity index (χ0v) is 17.3. The zero-order valence-electron chi connectivity index (χ0n) is 16.5. The molecule has 1 aromatic carbocycles. The summed E-state index contributed by atoms with van der Waals surface area (Å²) in [5, 5.41) is 2.61. The molecule has 0 bridgehead atoms. The third-order valence-electron chi connectivity index (χ3n) is 3.99. The molecule has 1 N–H and O–H groups in total. The van der Waals surface area contributed by atoms with Crippen molar-refractivity contribution >= 4 is 33.3 Å². The van der Waals surface area contributed by atoms with Gasteiger partial charge in [-0.15, -0.1) is 0 Å². The highest BCUT2D eigenvalue weighted by atomic mass is 32.2. The average molecular weight is 408 g/mol. The molecule has 152 valence electrons. The Balaban J connectivity index is 2.18. The lowest BCUT2D eigenvalue weighted by Gasteiger charge is -2.20. The van der Waals surface area contributed by atoms with Gasteiger partial charge in [-0.2, -0.15) is 0 Å². The molecular weight excluding hydrogens is 384 g/mol. The van der Waals surface area contributed by atoms with Crippen LogP contribution in [-0.4, -0.2) is 64.0 Å². The van der Waals surface area contributed by atoms with Crippen molar-refractivity contribution in [1.29, 1.82) is 0 Å². The van der Waals surface area contributed by atoms with Crippen molar-refractivity contribution in [3.8, 4) is 0 Å². The zero-order chi connectivity index (χ0) is 21.1. The van der Waals surface area contributed by atoms with Crippen molar-refractivity contribution in [3.63, 3.8) is 0 Å². The maximum atomic E-state index is 12.4. The summed E-state index contributed by atoms with van der Waals surface area (Å²) in [5.41, 5.74) is 1.23. The summed E-state index contributed by atoms with van der Waals surface area (Å²) < 4.78 is 32.4. The Morgan fingerprint density at radius 1 is 1.14 bits per heavy atom. The normalized spacial score (nSPS) is 11.4. The predicted octanol–water partition coefficient (Wildman–Crippen LogP) is 1.14. The van der Waals surface area contributed by atoms with Gasteiger partial charge in [0, 0.05) is 41.4 Å². The molecule has 2 aromatic rings. The molecular formula is C18H24N4O5S. The van der Waals surface area contributed by atoms with E-state index in [-0.39, 0.29) is 4.90 Å². The fraction of sp³-hybridized carbons (Fsp3) is 0.333. The van der Waals surface area contributed by atoms with Crippen molar-refractivity contribution in [2.24, 2.45) is 7.05 Å². The van der Waals surface area contributed by atoms with E-state index in [1.165, 1.54) is 26.2 Å². The maximum Gasteiger partial charge on any atom is 0.355 e. The Hall–Kier alpha value is -2.85. The van der Waals surface area contributed by atoms with Gasteiger partial charge in [-0.05, 0) is 30.3 Å². The van der Waals surface area contributed by atoms with Crippen LogP contribution in [0.4, 0.5) is 11.4 Å². The highest BCUT2D eigenvalue weighted by Gasteiger charge is 2.20. The monoisotopic (exact) mass is 408 g/mol. The van der Waals surface area contributed by atoms with Gasteiger partial charge in [0.1, 0.15) is 5.69 Å². The van der Waals surface area contributed by atoms with Crippen molar-refractivity contribution in [3.05, 3.63) is 42.2 Å². The first kappa shape index (κ1) is 21.5. The molecule has 0 spiro atoms. The molecule has 0 saturated carbocycles. The number of benzene rings is 1. The molecule has 0 unspecified atom stereocenters. The number of sulfonamides is 1. The molecule has 0 atom stereocenters. The third-order valence-corrected chi connectivity index (χ3v) is 5.80. The average Bonchev–Trinajstić information content (AvgIpc) is 3.05. The minimum Gasteiger partial charge on any atom is -0.451 e. The highest BCUT2D eigenvalue weighted by Crippen LogP contribution is 2.28. The fourth-order valence-electron chi connectivity index (χ4n) is 2.44. The molecule has 0 aliphatic carbocycles. The smallest absolute Gasteiger partial charge is 0.355 e. The Morgan fingerprint density at radius 3 is 2.36 bits per heavy atom. The lowest BCUT2D eigenvalue weighted by atomic mass is 10.2. The largest absolute Gasteiger partial charge is 0.451 e. The number of anilines is 2. The van der Waals surface area contributed by atoms with Crippen LogP contribution in [0.5, 0.6) is 0 Å². The van der Waals surface area contributed by atoms with Crippen LogP contribution in [0, 0.1) is 0 Å². The minimum absolute atomic E-state index is 0.0409. The van der Waals surface area contributed by atoms with E-state index < -0.39 is 28.5 Å². The maximum absolute atomic E-state index is 12.4. The summed E-state index contributed by atoms with van der Waals surface area (Å²) in [6.07, 6.45) is 1.69. The Kier molecular flexibility index (Phi) is 6.47. The van der Waals surface area contributed by atoms with Crippen LogP contribution >= 0.6 is 0 Å². The van der Waals surface area contributed by atoms with Crippen molar-refractivity contribution < 1.29 is 22.7 Å². The molecule has 0 fully saturated rings. The number of aromatic nitrogens is 1. The summed E-state index contributed by atoms with van der Waals surface area (Å²) >= 11 is 0. The number of ether oxygens (including phenoxy) is 1. The summed E-state index contributed by atoms with van der Waals surface area (Å²) in [6, 6.07) is 7.72. The summed E-state index contributed by atoms with van der Waals surface area (Å²) in [5.74, 6) is -1.20. The Bertz CT molecular complexity index is 980. The van der Waals surface area contributed by atoms with Gasteiger partial charge in [-0.3, -0.25) is 4.79 Å². The molecule has 0 aliphatic heterocycles. The molecule has 1 amide bonds. The molecule has 9 nitrogen and oxygen atoms in total. The number of aryl methyl sites for hydroxylation is 1. The van der Waals surface area contributed by atoms with Gasteiger partial charge < -0.3 is 19.5 Å². The molecule has 10 heteroatoms. The number of hydrogen-bond donors (Lipinski definition) is 1. The number of nitrogens with one attached hydrogen (secondary N) is 1. The summed E-state index contributed by atoms with van der Waals surface area (Å²) in [6.45, 7) is -0.498. The quantitative estimate of drug-likeness (QED) is 0.690. The van der Waals surface area contributed by atoms with Crippen LogP contribution in [0.1, 0.15) is 10.5 Å². The third kappa shape index (κ3) is 4.70. The number of esters is 1. The molecule has 1 heterocycles. The van der Waals surface area contributed by atoms with E-state index >= 15 is 0 Å². The molecule has 0 aliphatic rings. The highest BCUT2D eigenvalue weighted by molar-refractivity contribution is 7.89. The predicted molar refractivity (Wildman–Crippen MR) is 106 cm³/mol. The van der Waals surface area contributed by atoms with Crippen molar-refractivity contribution in [1.82, 2.24) is 8.87 Å². The van der Waals surface area contributed by atoms with Crippen LogP contribution in [0.25, 0.3) is 0 Å². The lowest BCUT2D eigenvalue weighted by Crippen LogP contribution is -2.25. The fourth-order valence-corrected chi connectivity index (χ4v) is 3.37. The Morgan fingerprint density at radius 2 is 1.82 bits per heavy atom. The van der Waals surface area contributed by atoms with Gasteiger partial charge in [0.2, 0.25) is 10.0 Å². The standard InChI is InChI=1S/C18H24N4O5S/c1-20(2)15-9-8-13(28(25,26)21(3)4)11-14(15)19-17(23)12-27-18(24)16-7-6-10-22(16)5/h6-11H,12H2,1-5H3,(H,19,23). The van der Waals surface area contributed by atoms with E-state index in [0.29, 0.717) is 17.1 Å². The van der Waals surface area contributed by atoms with E-state index in [4.69, 9.17) is 4.74 Å². The Labute approximate surface area is 164 Å². The van der Waals surface area contributed by atoms with Crippen molar-refractivity contribution in [2.75, 3.05) is 45.0 Å². The number of nitrogens with zero attached hydrogens (tertiary/aromatic N) is 3. The second-order valence-corrected chi connectivity index (χ2v) is 8.64. The van der Waals surface area contributed by atoms with Crippen LogP contribution in [0.2, 0.25) is 0 Å². The van der Waals surface area contributed by atoms with Crippen LogP contribution < -0.4 is 10.2 Å². The van der Waals surface area contributed by atoms with Gasteiger partial charge in [0.05, 0.1) is 16.3 Å². The van der Waals surface area contributed by atoms with E-state index in [0.717, 1.165) is 4.31 Å². The summed E-state index contributed by atoms with van der Waals surface area (Å²) in [7, 11) is 4.41. The van der Waals surface area contributed by atoms with Crippen LogP contribution in [0.3, 0.4) is 0 Å². The van der Waals surface area contributed by atoms with Crippen LogP contribution in [-0.2, 0) is 26.6 Å². The van der Waals surface area contributed by atoms with Gasteiger partial charge in [-0.1, -0.05) is 0 Å². The number of hydrogen-bond acceptors (Lipinski definition) is 6. The molecule has 2 rings (SSSR count). The van der Waals surface area contributed by atoms with Gasteiger partial charge in [0.15, 0.2) is 6.61 Å². The van der Waals surface area contributed by atoms with E-state index in [1.54, 1.807) is 55.0 Å². The number of amides is 1. The first-order chi connectivity index (χ1) is 13.0. The molecule has 1 aromatic heterocycles. The second-order valence-electron chi connectivity index (χ2n) is 6.49. The minimum atomic E-state index is -3.66. The molecule has 0 saturated heterocycles. The number of carbonyl (C=O) groups is 2. The van der Waals surface area contributed by atoms with E-state index in [2.05, 4.69) is 5.32 Å². The van der Waals surface area contributed by atoms with E-state index in [9.17, 15) is 18.0 Å². The van der Waals surface area contributed by atoms with Crippen molar-refractivity contribution in [2.45, 2.75) is 4.90 Å². The van der Waals surface area contributed by atoms with Crippen LogP contribution in [0.15, 0.2) is 41.4 Å². The topological polar surface area (TPSA) is 101 Å². The van der Waals surface area contributed by atoms with Gasteiger partial charge >= 0.3 is 5.97 Å². The first-order valence-corrected chi connectivity index (χ1v) is 9.80. The first-order valence-electron chi connectivity index (χ1n) is 8.36.